The molecule has 1 aromatic heterocycles. The summed E-state index contributed by atoms with van der Waals surface area (Å²) in [5.74, 6) is 0.333. The molecule has 2 aromatic carbocycles. The second kappa shape index (κ2) is 9.90. The highest BCUT2D eigenvalue weighted by atomic mass is 16.6. The van der Waals surface area contributed by atoms with Crippen molar-refractivity contribution >= 4 is 17.7 Å². The van der Waals surface area contributed by atoms with E-state index in [0.29, 0.717) is 30.4 Å². The summed E-state index contributed by atoms with van der Waals surface area (Å²) in [4.78, 5) is 26.0. The summed E-state index contributed by atoms with van der Waals surface area (Å²) in [5, 5.41) is 4.13. The summed E-state index contributed by atoms with van der Waals surface area (Å²) in [6.45, 7) is 6.13. The molecule has 0 saturated heterocycles. The van der Waals surface area contributed by atoms with E-state index in [1.807, 2.05) is 55.5 Å². The Morgan fingerprint density at radius 1 is 0.939 bits per heavy atom. The van der Waals surface area contributed by atoms with Gasteiger partial charge < -0.3 is 14.0 Å². The van der Waals surface area contributed by atoms with Crippen molar-refractivity contribution in [1.82, 2.24) is 5.16 Å². The Balaban J connectivity index is 1.56. The molecule has 7 heteroatoms. The zero-order valence-corrected chi connectivity index (χ0v) is 19.2. The number of aryl methyl sites for hydroxylation is 1. The van der Waals surface area contributed by atoms with Crippen LogP contribution in [-0.4, -0.2) is 36.5 Å². The van der Waals surface area contributed by atoms with Gasteiger partial charge >= 0.3 is 12.1 Å². The maximum absolute atomic E-state index is 12.6. The molecular formula is C26H28N2O5. The van der Waals surface area contributed by atoms with Gasteiger partial charge in [0.05, 0.1) is 19.6 Å². The highest BCUT2D eigenvalue weighted by Gasteiger charge is 2.38. The number of carbonyl (C=O) groups excluding carboxylic acids is 2. The molecule has 0 unspecified atom stereocenters. The van der Waals surface area contributed by atoms with Gasteiger partial charge in [0.15, 0.2) is 5.76 Å². The van der Waals surface area contributed by atoms with Crippen LogP contribution in [0.4, 0.5) is 10.5 Å². The Morgan fingerprint density at radius 3 is 2.09 bits per heavy atom. The number of hydrogen-bond donors (Lipinski definition) is 0. The van der Waals surface area contributed by atoms with E-state index >= 15 is 0 Å². The lowest BCUT2D eigenvalue weighted by Gasteiger charge is -2.21. The van der Waals surface area contributed by atoms with Gasteiger partial charge in [-0.05, 0) is 50.3 Å². The SMILES string of the molecule is CCOC(=O)Cc1ccc(-c2ccc(-c3onc(C)c3N(C(=O)OCC)C3CC3)cc2)cc1. The number of amides is 1. The number of carbonyl (C=O) groups is 2. The fourth-order valence-corrected chi connectivity index (χ4v) is 3.79. The zero-order chi connectivity index (χ0) is 23.4. The normalized spacial score (nSPS) is 12.9. The van der Waals surface area contributed by atoms with Crippen LogP contribution < -0.4 is 4.90 Å². The molecule has 4 rings (SSSR count). The van der Waals surface area contributed by atoms with Gasteiger partial charge in [0.1, 0.15) is 11.4 Å². The third-order valence-electron chi connectivity index (χ3n) is 5.54. The molecule has 1 heterocycles. The Hall–Kier alpha value is -3.61. The van der Waals surface area contributed by atoms with Crippen molar-refractivity contribution in [2.24, 2.45) is 0 Å². The molecule has 0 aliphatic heterocycles. The van der Waals surface area contributed by atoms with Gasteiger partial charge in [-0.2, -0.15) is 0 Å². The average Bonchev–Trinajstić information content (AvgIpc) is 3.57. The lowest BCUT2D eigenvalue weighted by molar-refractivity contribution is -0.142. The van der Waals surface area contributed by atoms with Crippen LogP contribution >= 0.6 is 0 Å². The Labute approximate surface area is 193 Å². The van der Waals surface area contributed by atoms with E-state index in [4.69, 9.17) is 14.0 Å². The molecule has 1 saturated carbocycles. The number of aromatic nitrogens is 1. The van der Waals surface area contributed by atoms with E-state index < -0.39 is 0 Å². The van der Waals surface area contributed by atoms with Crippen LogP contribution in [0.5, 0.6) is 0 Å². The van der Waals surface area contributed by atoms with Crippen molar-refractivity contribution in [3.63, 3.8) is 0 Å². The highest BCUT2D eigenvalue weighted by Crippen LogP contribution is 2.41. The van der Waals surface area contributed by atoms with E-state index in [-0.39, 0.29) is 24.5 Å². The number of nitrogens with zero attached hydrogens (tertiary/aromatic N) is 2. The first-order chi connectivity index (χ1) is 16.0. The predicted molar refractivity (Wildman–Crippen MR) is 125 cm³/mol. The average molecular weight is 449 g/mol. The van der Waals surface area contributed by atoms with Crippen molar-refractivity contribution in [1.29, 1.82) is 0 Å². The van der Waals surface area contributed by atoms with Crippen LogP contribution in [0.1, 0.15) is 37.9 Å². The summed E-state index contributed by atoms with van der Waals surface area (Å²) >= 11 is 0. The minimum atomic E-state index is -0.368. The number of benzene rings is 2. The van der Waals surface area contributed by atoms with E-state index in [9.17, 15) is 9.59 Å². The van der Waals surface area contributed by atoms with E-state index in [1.165, 1.54) is 0 Å². The summed E-state index contributed by atoms with van der Waals surface area (Å²) in [5.41, 5.74) is 5.15. The van der Waals surface area contributed by atoms with Crippen molar-refractivity contribution in [2.45, 2.75) is 46.1 Å². The quantitative estimate of drug-likeness (QED) is 0.420. The lowest BCUT2D eigenvalue weighted by Crippen LogP contribution is -2.34. The van der Waals surface area contributed by atoms with E-state index in [0.717, 1.165) is 35.1 Å². The lowest BCUT2D eigenvalue weighted by atomic mass is 10.0. The molecular weight excluding hydrogens is 420 g/mol. The molecule has 7 nitrogen and oxygen atoms in total. The molecule has 33 heavy (non-hydrogen) atoms. The number of rotatable bonds is 8. The molecule has 1 amide bonds. The van der Waals surface area contributed by atoms with Gasteiger partial charge in [-0.3, -0.25) is 9.69 Å². The molecule has 0 spiro atoms. The summed E-state index contributed by atoms with van der Waals surface area (Å²) in [6.07, 6.45) is 1.77. The standard InChI is InChI=1S/C26H28N2O5/c1-4-31-23(29)16-18-6-8-19(9-7-18)20-10-12-21(13-11-20)25-24(17(3)27-33-25)28(22-14-15-22)26(30)32-5-2/h6-13,22H,4-5,14-16H2,1-3H3. The minimum Gasteiger partial charge on any atom is -0.466 e. The molecule has 172 valence electrons. The smallest absolute Gasteiger partial charge is 0.414 e. The Morgan fingerprint density at radius 2 is 1.52 bits per heavy atom. The first-order valence-corrected chi connectivity index (χ1v) is 11.3. The van der Waals surface area contributed by atoms with Crippen molar-refractivity contribution in [3.05, 3.63) is 59.8 Å². The third kappa shape index (κ3) is 5.08. The van der Waals surface area contributed by atoms with Crippen LogP contribution in [-0.2, 0) is 20.7 Å². The fourth-order valence-electron chi connectivity index (χ4n) is 3.79. The van der Waals surface area contributed by atoms with Gasteiger partial charge in [0.25, 0.3) is 0 Å². The summed E-state index contributed by atoms with van der Waals surface area (Å²) < 4.78 is 15.9. The molecule has 0 radical (unpaired) electrons. The first kappa shape index (κ1) is 22.6. The molecule has 1 aliphatic rings. The maximum Gasteiger partial charge on any atom is 0.414 e. The molecule has 1 aliphatic carbocycles. The number of anilines is 1. The molecule has 0 atom stereocenters. The Kier molecular flexibility index (Phi) is 6.77. The Bertz CT molecular complexity index is 1110. The van der Waals surface area contributed by atoms with Crippen LogP contribution in [0.3, 0.4) is 0 Å². The van der Waals surface area contributed by atoms with Gasteiger partial charge in [0.2, 0.25) is 0 Å². The monoisotopic (exact) mass is 448 g/mol. The van der Waals surface area contributed by atoms with Crippen LogP contribution in [0.15, 0.2) is 53.1 Å². The van der Waals surface area contributed by atoms with Crippen LogP contribution in [0.2, 0.25) is 0 Å². The van der Waals surface area contributed by atoms with Gasteiger partial charge in [-0.15, -0.1) is 0 Å². The first-order valence-electron chi connectivity index (χ1n) is 11.3. The maximum atomic E-state index is 12.6. The van der Waals surface area contributed by atoms with Gasteiger partial charge in [0, 0.05) is 11.6 Å². The predicted octanol–water partition coefficient (Wildman–Crippen LogP) is 5.55. The van der Waals surface area contributed by atoms with Crippen molar-refractivity contribution in [2.75, 3.05) is 18.1 Å². The van der Waals surface area contributed by atoms with Crippen LogP contribution in [0, 0.1) is 6.92 Å². The fraction of sp³-hybridized carbons (Fsp3) is 0.346. The second-order valence-corrected chi connectivity index (χ2v) is 8.00. The highest BCUT2D eigenvalue weighted by molar-refractivity contribution is 5.94. The van der Waals surface area contributed by atoms with Crippen molar-refractivity contribution < 1.29 is 23.6 Å². The summed E-state index contributed by atoms with van der Waals surface area (Å²) in [6, 6.07) is 15.9. The third-order valence-corrected chi connectivity index (χ3v) is 5.54. The molecule has 1 fully saturated rings. The van der Waals surface area contributed by atoms with Gasteiger partial charge in [-0.25, -0.2) is 4.79 Å². The zero-order valence-electron chi connectivity index (χ0n) is 19.2. The molecule has 0 N–H and O–H groups in total. The van der Waals surface area contributed by atoms with Crippen molar-refractivity contribution in [3.8, 4) is 22.5 Å². The number of ether oxygens (including phenoxy) is 2. The molecule has 3 aromatic rings. The molecule has 0 bridgehead atoms. The minimum absolute atomic E-state index is 0.119. The van der Waals surface area contributed by atoms with E-state index in [1.54, 1.807) is 18.7 Å². The largest absolute Gasteiger partial charge is 0.466 e. The topological polar surface area (TPSA) is 81.9 Å². The van der Waals surface area contributed by atoms with Gasteiger partial charge in [-0.1, -0.05) is 53.7 Å². The van der Waals surface area contributed by atoms with E-state index in [2.05, 4.69) is 5.16 Å². The second-order valence-electron chi connectivity index (χ2n) is 8.00. The van der Waals surface area contributed by atoms with Crippen LogP contribution in [0.25, 0.3) is 22.5 Å². The number of hydrogen-bond acceptors (Lipinski definition) is 6. The number of esters is 1. The summed E-state index contributed by atoms with van der Waals surface area (Å²) in [7, 11) is 0.